The topological polar surface area (TPSA) is 38.7 Å². The Labute approximate surface area is 101 Å². The number of aryl methyl sites for hydroxylation is 1. The zero-order valence-corrected chi connectivity index (χ0v) is 10.7. The molecule has 0 saturated heterocycles. The lowest BCUT2D eigenvalue weighted by Crippen LogP contribution is -2.10. The minimum atomic E-state index is -0.772. The van der Waals surface area contributed by atoms with Crippen molar-refractivity contribution in [1.29, 1.82) is 0 Å². The predicted octanol–water partition coefficient (Wildman–Crippen LogP) is 2.67. The van der Waals surface area contributed by atoms with E-state index in [1.54, 1.807) is 27.2 Å². The lowest BCUT2D eigenvalue weighted by atomic mass is 10.0. The van der Waals surface area contributed by atoms with Gasteiger partial charge in [0.05, 0.1) is 25.7 Å². The molecule has 1 rings (SSSR count). The van der Waals surface area contributed by atoms with E-state index in [1.165, 1.54) is 0 Å². The highest BCUT2D eigenvalue weighted by molar-refractivity contribution is 6.20. The standard InChI is InChI=1S/C12H17ClO3/c1-7-5-11(16-4)9(6-10(7)15-3)12(14)8(2)13/h5-6,8,12,14H,1-4H3. The van der Waals surface area contributed by atoms with Crippen molar-refractivity contribution in [2.75, 3.05) is 14.2 Å². The summed E-state index contributed by atoms with van der Waals surface area (Å²) in [4.78, 5) is 0. The quantitative estimate of drug-likeness (QED) is 0.828. The highest BCUT2D eigenvalue weighted by atomic mass is 35.5. The van der Waals surface area contributed by atoms with Crippen molar-refractivity contribution >= 4 is 11.6 Å². The van der Waals surface area contributed by atoms with Crippen LogP contribution in [0.4, 0.5) is 0 Å². The molecule has 0 saturated carbocycles. The van der Waals surface area contributed by atoms with Crippen LogP contribution in [0.25, 0.3) is 0 Å². The molecule has 1 aromatic carbocycles. The van der Waals surface area contributed by atoms with Crippen molar-refractivity contribution in [3.8, 4) is 11.5 Å². The molecule has 16 heavy (non-hydrogen) atoms. The molecule has 0 heterocycles. The zero-order chi connectivity index (χ0) is 12.3. The number of hydrogen-bond donors (Lipinski definition) is 1. The third-order valence-electron chi connectivity index (χ3n) is 2.50. The van der Waals surface area contributed by atoms with Gasteiger partial charge in [0.1, 0.15) is 11.5 Å². The number of benzene rings is 1. The summed E-state index contributed by atoms with van der Waals surface area (Å²) in [6.45, 7) is 3.65. The summed E-state index contributed by atoms with van der Waals surface area (Å²) >= 11 is 5.88. The van der Waals surface area contributed by atoms with E-state index in [0.29, 0.717) is 17.1 Å². The first-order chi connectivity index (χ1) is 7.51. The van der Waals surface area contributed by atoms with Crippen LogP contribution in [-0.2, 0) is 0 Å². The number of ether oxygens (including phenoxy) is 2. The number of methoxy groups -OCH3 is 2. The summed E-state index contributed by atoms with van der Waals surface area (Å²) in [6.07, 6.45) is -0.772. The molecule has 0 spiro atoms. The Hall–Kier alpha value is -0.930. The van der Waals surface area contributed by atoms with Gasteiger partial charge in [-0.05, 0) is 31.5 Å². The lowest BCUT2D eigenvalue weighted by molar-refractivity contribution is 0.172. The molecule has 0 radical (unpaired) electrons. The van der Waals surface area contributed by atoms with Gasteiger partial charge in [0.15, 0.2) is 0 Å². The summed E-state index contributed by atoms with van der Waals surface area (Å²) in [5, 5.41) is 9.57. The van der Waals surface area contributed by atoms with Gasteiger partial charge in [0.25, 0.3) is 0 Å². The third kappa shape index (κ3) is 2.60. The van der Waals surface area contributed by atoms with E-state index in [0.717, 1.165) is 5.56 Å². The number of alkyl halides is 1. The zero-order valence-electron chi connectivity index (χ0n) is 9.95. The number of aliphatic hydroxyl groups excluding tert-OH is 1. The van der Waals surface area contributed by atoms with Crippen LogP contribution < -0.4 is 9.47 Å². The van der Waals surface area contributed by atoms with Crippen LogP contribution in [0.1, 0.15) is 24.2 Å². The molecule has 0 fully saturated rings. The van der Waals surface area contributed by atoms with Crippen molar-refractivity contribution in [2.45, 2.75) is 25.3 Å². The summed E-state index contributed by atoms with van der Waals surface area (Å²) in [5.74, 6) is 1.34. The average molecular weight is 245 g/mol. The molecule has 0 aliphatic rings. The molecule has 2 unspecified atom stereocenters. The number of halogens is 1. The number of rotatable bonds is 4. The van der Waals surface area contributed by atoms with Gasteiger partial charge < -0.3 is 14.6 Å². The fourth-order valence-corrected chi connectivity index (χ4v) is 1.69. The first-order valence-electron chi connectivity index (χ1n) is 5.06. The largest absolute Gasteiger partial charge is 0.496 e. The van der Waals surface area contributed by atoms with E-state index in [2.05, 4.69) is 0 Å². The van der Waals surface area contributed by atoms with Gasteiger partial charge in [-0.3, -0.25) is 0 Å². The van der Waals surface area contributed by atoms with Gasteiger partial charge in [-0.25, -0.2) is 0 Å². The fourth-order valence-electron chi connectivity index (χ4n) is 1.55. The van der Waals surface area contributed by atoms with Crippen molar-refractivity contribution < 1.29 is 14.6 Å². The molecular formula is C12H17ClO3. The van der Waals surface area contributed by atoms with Crippen molar-refractivity contribution in [1.82, 2.24) is 0 Å². The Morgan fingerprint density at radius 3 is 2.19 bits per heavy atom. The van der Waals surface area contributed by atoms with Crippen LogP contribution >= 0.6 is 11.6 Å². The monoisotopic (exact) mass is 244 g/mol. The van der Waals surface area contributed by atoms with Crippen LogP contribution in [-0.4, -0.2) is 24.7 Å². The SMILES string of the molecule is COc1cc(C(O)C(C)Cl)c(OC)cc1C. The Balaban J connectivity index is 3.24. The van der Waals surface area contributed by atoms with Gasteiger partial charge >= 0.3 is 0 Å². The summed E-state index contributed by atoms with van der Waals surface area (Å²) in [6, 6.07) is 3.59. The molecule has 1 aromatic rings. The van der Waals surface area contributed by atoms with Crippen LogP contribution in [0, 0.1) is 6.92 Å². The van der Waals surface area contributed by atoms with E-state index >= 15 is 0 Å². The van der Waals surface area contributed by atoms with E-state index in [1.807, 2.05) is 13.0 Å². The maximum absolute atomic E-state index is 9.95. The summed E-state index contributed by atoms with van der Waals surface area (Å²) in [7, 11) is 3.16. The van der Waals surface area contributed by atoms with Gasteiger partial charge in [-0.2, -0.15) is 0 Å². The first-order valence-corrected chi connectivity index (χ1v) is 5.49. The second-order valence-electron chi connectivity index (χ2n) is 3.69. The smallest absolute Gasteiger partial charge is 0.125 e. The fraction of sp³-hybridized carbons (Fsp3) is 0.500. The number of hydrogen-bond acceptors (Lipinski definition) is 3. The highest BCUT2D eigenvalue weighted by Crippen LogP contribution is 2.34. The minimum absolute atomic E-state index is 0.388. The van der Waals surface area contributed by atoms with Crippen LogP contribution in [0.2, 0.25) is 0 Å². The summed E-state index contributed by atoms with van der Waals surface area (Å²) in [5.41, 5.74) is 1.60. The second-order valence-corrected chi connectivity index (χ2v) is 4.37. The van der Waals surface area contributed by atoms with Gasteiger partial charge in [0.2, 0.25) is 0 Å². The van der Waals surface area contributed by atoms with Gasteiger partial charge in [-0.15, -0.1) is 11.6 Å². The molecule has 3 nitrogen and oxygen atoms in total. The molecule has 90 valence electrons. The Morgan fingerprint density at radius 1 is 1.19 bits per heavy atom. The van der Waals surface area contributed by atoms with Crippen LogP contribution in [0.3, 0.4) is 0 Å². The average Bonchev–Trinajstić information content (AvgIpc) is 2.27. The summed E-state index contributed by atoms with van der Waals surface area (Å²) < 4.78 is 10.4. The van der Waals surface area contributed by atoms with Crippen LogP contribution in [0.5, 0.6) is 11.5 Å². The molecule has 0 amide bonds. The molecule has 2 atom stereocenters. The molecule has 4 heteroatoms. The van der Waals surface area contributed by atoms with Crippen molar-refractivity contribution in [3.63, 3.8) is 0 Å². The Morgan fingerprint density at radius 2 is 1.75 bits per heavy atom. The van der Waals surface area contributed by atoms with Crippen LogP contribution in [0.15, 0.2) is 12.1 Å². The van der Waals surface area contributed by atoms with Gasteiger partial charge in [-0.1, -0.05) is 0 Å². The third-order valence-corrected chi connectivity index (χ3v) is 2.74. The molecule has 1 N–H and O–H groups in total. The van der Waals surface area contributed by atoms with E-state index in [9.17, 15) is 5.11 Å². The molecule has 0 aromatic heterocycles. The van der Waals surface area contributed by atoms with E-state index in [4.69, 9.17) is 21.1 Å². The molecular weight excluding hydrogens is 228 g/mol. The maximum Gasteiger partial charge on any atom is 0.125 e. The molecule has 0 aliphatic carbocycles. The lowest BCUT2D eigenvalue weighted by Gasteiger charge is -2.18. The maximum atomic E-state index is 9.95. The van der Waals surface area contributed by atoms with E-state index < -0.39 is 6.10 Å². The molecule has 0 bridgehead atoms. The van der Waals surface area contributed by atoms with Gasteiger partial charge in [0, 0.05) is 5.56 Å². The van der Waals surface area contributed by atoms with Crippen molar-refractivity contribution in [2.24, 2.45) is 0 Å². The normalized spacial score (nSPS) is 14.4. The second kappa shape index (κ2) is 5.41. The highest BCUT2D eigenvalue weighted by Gasteiger charge is 2.20. The Bertz CT molecular complexity index is 364. The van der Waals surface area contributed by atoms with Crippen molar-refractivity contribution in [3.05, 3.63) is 23.3 Å². The van der Waals surface area contributed by atoms with E-state index in [-0.39, 0.29) is 5.38 Å². The first kappa shape index (κ1) is 13.1. The molecule has 0 aliphatic heterocycles. The minimum Gasteiger partial charge on any atom is -0.496 e. The predicted molar refractivity (Wildman–Crippen MR) is 64.6 cm³/mol. The Kier molecular flexibility index (Phi) is 4.44. The number of aliphatic hydroxyl groups is 1.